The Bertz CT molecular complexity index is 272. The van der Waals surface area contributed by atoms with Crippen molar-refractivity contribution in [3.63, 3.8) is 0 Å². The molecule has 1 saturated carbocycles. The van der Waals surface area contributed by atoms with Crippen molar-refractivity contribution < 1.29 is 9.59 Å². The SMILES string of the molecule is CN1C(=O)CC(NC2CCCCC2)C1=O. The van der Waals surface area contributed by atoms with E-state index in [0.29, 0.717) is 12.5 Å². The van der Waals surface area contributed by atoms with Crippen LogP contribution in [0, 0.1) is 0 Å². The molecular formula is C11H18N2O2. The average Bonchev–Trinajstić information content (AvgIpc) is 2.48. The Kier molecular flexibility index (Phi) is 3.05. The molecule has 2 aliphatic rings. The molecule has 0 aromatic heterocycles. The first-order valence-corrected chi connectivity index (χ1v) is 5.75. The Morgan fingerprint density at radius 2 is 1.87 bits per heavy atom. The second kappa shape index (κ2) is 4.31. The summed E-state index contributed by atoms with van der Waals surface area (Å²) in [5.41, 5.74) is 0. The van der Waals surface area contributed by atoms with Crippen LogP contribution in [-0.4, -0.2) is 35.8 Å². The van der Waals surface area contributed by atoms with Gasteiger partial charge in [0.15, 0.2) is 0 Å². The second-order valence-corrected chi connectivity index (χ2v) is 4.55. The third-order valence-electron chi connectivity index (χ3n) is 3.42. The lowest BCUT2D eigenvalue weighted by atomic mass is 9.95. The van der Waals surface area contributed by atoms with Crippen LogP contribution >= 0.6 is 0 Å². The lowest BCUT2D eigenvalue weighted by molar-refractivity contribution is -0.137. The van der Waals surface area contributed by atoms with Crippen molar-refractivity contribution in [1.82, 2.24) is 10.2 Å². The molecule has 15 heavy (non-hydrogen) atoms. The minimum Gasteiger partial charge on any atom is -0.303 e. The fraction of sp³-hybridized carbons (Fsp3) is 0.818. The number of likely N-dealkylation sites (tertiary alicyclic amines) is 1. The van der Waals surface area contributed by atoms with Gasteiger partial charge in [0.1, 0.15) is 0 Å². The summed E-state index contributed by atoms with van der Waals surface area (Å²) in [6, 6.07) is 0.178. The Morgan fingerprint density at radius 3 is 2.40 bits per heavy atom. The minimum atomic E-state index is -0.259. The van der Waals surface area contributed by atoms with Crippen LogP contribution in [-0.2, 0) is 9.59 Å². The van der Waals surface area contributed by atoms with Crippen molar-refractivity contribution in [2.75, 3.05) is 7.05 Å². The molecule has 0 aromatic carbocycles. The zero-order valence-corrected chi connectivity index (χ0v) is 9.16. The molecule has 1 aliphatic carbocycles. The average molecular weight is 210 g/mol. The monoisotopic (exact) mass is 210 g/mol. The molecule has 4 nitrogen and oxygen atoms in total. The fourth-order valence-corrected chi connectivity index (χ4v) is 2.44. The standard InChI is InChI=1S/C11H18N2O2/c1-13-10(14)7-9(11(13)15)12-8-5-3-2-4-6-8/h8-9,12H,2-7H2,1H3. The van der Waals surface area contributed by atoms with Crippen LogP contribution in [0.5, 0.6) is 0 Å². The zero-order chi connectivity index (χ0) is 10.8. The van der Waals surface area contributed by atoms with Gasteiger partial charge in [0, 0.05) is 13.1 Å². The quantitative estimate of drug-likeness (QED) is 0.681. The van der Waals surface area contributed by atoms with E-state index in [0.717, 1.165) is 12.8 Å². The van der Waals surface area contributed by atoms with E-state index in [1.54, 1.807) is 7.05 Å². The predicted molar refractivity (Wildman–Crippen MR) is 56.2 cm³/mol. The molecule has 1 unspecified atom stereocenters. The maximum Gasteiger partial charge on any atom is 0.246 e. The van der Waals surface area contributed by atoms with Crippen LogP contribution in [0.25, 0.3) is 0 Å². The van der Waals surface area contributed by atoms with Gasteiger partial charge in [0.25, 0.3) is 0 Å². The topological polar surface area (TPSA) is 49.4 Å². The van der Waals surface area contributed by atoms with Gasteiger partial charge >= 0.3 is 0 Å². The largest absolute Gasteiger partial charge is 0.303 e. The van der Waals surface area contributed by atoms with E-state index in [1.165, 1.54) is 24.2 Å². The van der Waals surface area contributed by atoms with Gasteiger partial charge in [-0.05, 0) is 12.8 Å². The molecule has 0 bridgehead atoms. The van der Waals surface area contributed by atoms with Crippen molar-refractivity contribution >= 4 is 11.8 Å². The van der Waals surface area contributed by atoms with E-state index < -0.39 is 0 Å². The number of amides is 2. The van der Waals surface area contributed by atoms with Crippen LogP contribution in [0.2, 0.25) is 0 Å². The van der Waals surface area contributed by atoms with E-state index >= 15 is 0 Å². The van der Waals surface area contributed by atoms with Crippen molar-refractivity contribution in [2.24, 2.45) is 0 Å². The van der Waals surface area contributed by atoms with Gasteiger partial charge < -0.3 is 5.32 Å². The van der Waals surface area contributed by atoms with Gasteiger partial charge in [-0.2, -0.15) is 0 Å². The molecule has 2 fully saturated rings. The first-order valence-electron chi connectivity index (χ1n) is 5.75. The number of hydrogen-bond donors (Lipinski definition) is 1. The summed E-state index contributed by atoms with van der Waals surface area (Å²) in [5.74, 6) is -0.126. The molecule has 1 saturated heterocycles. The second-order valence-electron chi connectivity index (χ2n) is 4.55. The molecule has 0 aromatic rings. The van der Waals surface area contributed by atoms with Gasteiger partial charge in [-0.25, -0.2) is 0 Å². The first kappa shape index (κ1) is 10.6. The highest BCUT2D eigenvalue weighted by Crippen LogP contribution is 2.20. The molecule has 0 spiro atoms. The Balaban J connectivity index is 1.89. The van der Waals surface area contributed by atoms with Crippen molar-refractivity contribution in [1.29, 1.82) is 0 Å². The summed E-state index contributed by atoms with van der Waals surface area (Å²) in [4.78, 5) is 24.2. The summed E-state index contributed by atoms with van der Waals surface area (Å²) in [6.07, 6.45) is 6.40. The third-order valence-corrected chi connectivity index (χ3v) is 3.42. The summed E-state index contributed by atoms with van der Waals surface area (Å²) in [7, 11) is 1.56. The van der Waals surface area contributed by atoms with Crippen molar-refractivity contribution in [3.8, 4) is 0 Å². The summed E-state index contributed by atoms with van der Waals surface area (Å²) in [5, 5.41) is 3.32. The summed E-state index contributed by atoms with van der Waals surface area (Å²) < 4.78 is 0. The van der Waals surface area contributed by atoms with E-state index in [1.807, 2.05) is 0 Å². The molecule has 84 valence electrons. The lowest BCUT2D eigenvalue weighted by Crippen LogP contribution is -2.43. The molecule has 1 N–H and O–H groups in total. The van der Waals surface area contributed by atoms with Gasteiger partial charge in [0.2, 0.25) is 11.8 Å². The number of rotatable bonds is 2. The van der Waals surface area contributed by atoms with Crippen molar-refractivity contribution in [3.05, 3.63) is 0 Å². The first-order chi connectivity index (χ1) is 7.18. The van der Waals surface area contributed by atoms with Crippen molar-refractivity contribution in [2.45, 2.75) is 50.6 Å². The molecule has 0 radical (unpaired) electrons. The Morgan fingerprint density at radius 1 is 1.20 bits per heavy atom. The molecular weight excluding hydrogens is 192 g/mol. The fourth-order valence-electron chi connectivity index (χ4n) is 2.44. The predicted octanol–water partition coefficient (Wildman–Crippen LogP) is 0.666. The van der Waals surface area contributed by atoms with Gasteiger partial charge in [0.05, 0.1) is 12.5 Å². The number of nitrogens with one attached hydrogen (secondary N) is 1. The van der Waals surface area contributed by atoms with Gasteiger partial charge in [-0.15, -0.1) is 0 Å². The summed E-state index contributed by atoms with van der Waals surface area (Å²) in [6.45, 7) is 0. The van der Waals surface area contributed by atoms with Crippen LogP contribution in [0.1, 0.15) is 38.5 Å². The number of hydrogen-bond acceptors (Lipinski definition) is 3. The minimum absolute atomic E-state index is 0.0618. The van der Waals surface area contributed by atoms with E-state index in [-0.39, 0.29) is 17.9 Å². The number of carbonyl (C=O) groups excluding carboxylic acids is 2. The van der Waals surface area contributed by atoms with Crippen LogP contribution in [0.15, 0.2) is 0 Å². The Hall–Kier alpha value is -0.900. The molecule has 2 rings (SSSR count). The molecule has 1 atom stereocenters. The number of likely N-dealkylation sites (N-methyl/N-ethyl adjacent to an activating group) is 1. The molecule has 1 aliphatic heterocycles. The van der Waals surface area contributed by atoms with Crippen LogP contribution < -0.4 is 5.32 Å². The zero-order valence-electron chi connectivity index (χ0n) is 9.16. The number of carbonyl (C=O) groups is 2. The lowest BCUT2D eigenvalue weighted by Gasteiger charge is -2.25. The van der Waals surface area contributed by atoms with E-state index in [2.05, 4.69) is 5.32 Å². The highest BCUT2D eigenvalue weighted by molar-refractivity contribution is 6.05. The van der Waals surface area contributed by atoms with Crippen LogP contribution in [0.4, 0.5) is 0 Å². The van der Waals surface area contributed by atoms with E-state index in [4.69, 9.17) is 0 Å². The van der Waals surface area contributed by atoms with Gasteiger partial charge in [-0.3, -0.25) is 14.5 Å². The van der Waals surface area contributed by atoms with E-state index in [9.17, 15) is 9.59 Å². The molecule has 1 heterocycles. The van der Waals surface area contributed by atoms with Crippen LogP contribution in [0.3, 0.4) is 0 Å². The number of nitrogens with zero attached hydrogens (tertiary/aromatic N) is 1. The molecule has 4 heteroatoms. The Labute approximate surface area is 90.0 Å². The highest BCUT2D eigenvalue weighted by atomic mass is 16.2. The molecule has 2 amide bonds. The smallest absolute Gasteiger partial charge is 0.246 e. The third kappa shape index (κ3) is 2.20. The maximum absolute atomic E-state index is 11.6. The normalized spacial score (nSPS) is 28.9. The van der Waals surface area contributed by atoms with Gasteiger partial charge in [-0.1, -0.05) is 19.3 Å². The highest BCUT2D eigenvalue weighted by Gasteiger charge is 2.36. The summed E-state index contributed by atoms with van der Waals surface area (Å²) >= 11 is 0. The maximum atomic E-state index is 11.6. The number of imide groups is 1.